The Kier molecular flexibility index (Phi) is 6.49. The molecule has 1 atom stereocenters. The Labute approximate surface area is 193 Å². The number of carbonyl (C=O) groups is 1. The Balaban J connectivity index is 1.49. The highest BCUT2D eigenvalue weighted by atomic mass is 16.5. The van der Waals surface area contributed by atoms with Crippen LogP contribution in [0.4, 0.5) is 0 Å². The summed E-state index contributed by atoms with van der Waals surface area (Å²) >= 11 is 0. The van der Waals surface area contributed by atoms with Gasteiger partial charge in [-0.15, -0.1) is 0 Å². The number of carbonyl (C=O) groups excluding carboxylic acids is 1. The number of imidazole rings is 1. The number of nitrogens with zero attached hydrogens (tertiary/aromatic N) is 2. The van der Waals surface area contributed by atoms with E-state index in [1.165, 1.54) is 5.56 Å². The van der Waals surface area contributed by atoms with Crippen molar-refractivity contribution in [3.63, 3.8) is 0 Å². The van der Waals surface area contributed by atoms with Crippen LogP contribution in [0.1, 0.15) is 44.9 Å². The third kappa shape index (κ3) is 5.09. The van der Waals surface area contributed by atoms with Gasteiger partial charge in [0.25, 0.3) is 5.91 Å². The van der Waals surface area contributed by atoms with Crippen LogP contribution in [0.5, 0.6) is 11.5 Å². The SMILES string of the molecule is COc1ccc(C(NC(=O)c2ccc(COc3ccc(C)cc3C)o2)c2nccn2C)cc1. The number of benzene rings is 2. The Hall–Kier alpha value is -4.00. The summed E-state index contributed by atoms with van der Waals surface area (Å²) in [6.07, 6.45) is 3.54. The van der Waals surface area contributed by atoms with Crippen LogP contribution < -0.4 is 14.8 Å². The van der Waals surface area contributed by atoms with E-state index >= 15 is 0 Å². The number of methoxy groups -OCH3 is 1. The quantitative estimate of drug-likeness (QED) is 0.424. The molecule has 1 unspecified atom stereocenters. The summed E-state index contributed by atoms with van der Waals surface area (Å²) in [6, 6.07) is 16.5. The fraction of sp³-hybridized carbons (Fsp3) is 0.231. The van der Waals surface area contributed by atoms with Crippen LogP contribution in [-0.2, 0) is 13.7 Å². The average Bonchev–Trinajstić information content (AvgIpc) is 3.46. The molecule has 0 aliphatic rings. The molecule has 7 nitrogen and oxygen atoms in total. The van der Waals surface area contributed by atoms with Crippen LogP contribution in [0.2, 0.25) is 0 Å². The van der Waals surface area contributed by atoms with Gasteiger partial charge < -0.3 is 23.8 Å². The van der Waals surface area contributed by atoms with Crippen LogP contribution in [0.3, 0.4) is 0 Å². The molecule has 4 rings (SSSR count). The Morgan fingerprint density at radius 3 is 2.58 bits per heavy atom. The van der Waals surface area contributed by atoms with Gasteiger partial charge in [-0.05, 0) is 55.3 Å². The highest BCUT2D eigenvalue weighted by Crippen LogP contribution is 2.24. The van der Waals surface area contributed by atoms with E-state index in [2.05, 4.69) is 16.4 Å². The van der Waals surface area contributed by atoms with E-state index < -0.39 is 6.04 Å². The van der Waals surface area contributed by atoms with Crippen molar-refractivity contribution in [2.24, 2.45) is 7.05 Å². The van der Waals surface area contributed by atoms with E-state index in [0.29, 0.717) is 11.6 Å². The molecular weight excluding hydrogens is 418 g/mol. The number of hydrogen-bond acceptors (Lipinski definition) is 5. The number of furan rings is 1. The van der Waals surface area contributed by atoms with E-state index in [1.54, 1.807) is 25.4 Å². The lowest BCUT2D eigenvalue weighted by Gasteiger charge is -2.19. The summed E-state index contributed by atoms with van der Waals surface area (Å²) in [7, 11) is 3.51. The number of nitrogens with one attached hydrogen (secondary N) is 1. The molecule has 1 N–H and O–H groups in total. The van der Waals surface area contributed by atoms with Crippen molar-refractivity contribution in [1.82, 2.24) is 14.9 Å². The average molecular weight is 446 g/mol. The number of aryl methyl sites for hydroxylation is 3. The minimum atomic E-state index is -0.455. The first-order chi connectivity index (χ1) is 15.9. The molecular formula is C26H27N3O4. The second kappa shape index (κ2) is 9.65. The molecule has 0 fully saturated rings. The van der Waals surface area contributed by atoms with Gasteiger partial charge in [0, 0.05) is 19.4 Å². The summed E-state index contributed by atoms with van der Waals surface area (Å²) < 4.78 is 18.8. The zero-order valence-electron chi connectivity index (χ0n) is 19.2. The monoisotopic (exact) mass is 445 g/mol. The van der Waals surface area contributed by atoms with Gasteiger partial charge in [0.05, 0.1) is 7.11 Å². The molecule has 2 aromatic heterocycles. The van der Waals surface area contributed by atoms with Crippen molar-refractivity contribution in [2.45, 2.75) is 26.5 Å². The predicted molar refractivity (Wildman–Crippen MR) is 124 cm³/mol. The summed E-state index contributed by atoms with van der Waals surface area (Å²) in [5.41, 5.74) is 3.11. The molecule has 0 aliphatic heterocycles. The van der Waals surface area contributed by atoms with Crippen LogP contribution in [0.25, 0.3) is 0 Å². The highest BCUT2D eigenvalue weighted by Gasteiger charge is 2.23. The number of hydrogen-bond donors (Lipinski definition) is 1. The molecule has 170 valence electrons. The first-order valence-corrected chi connectivity index (χ1v) is 10.7. The zero-order valence-corrected chi connectivity index (χ0v) is 19.2. The summed E-state index contributed by atoms with van der Waals surface area (Å²) in [5.74, 6) is 2.68. The third-order valence-electron chi connectivity index (χ3n) is 5.43. The molecule has 2 heterocycles. The lowest BCUT2D eigenvalue weighted by atomic mass is 10.1. The first-order valence-electron chi connectivity index (χ1n) is 10.7. The van der Waals surface area contributed by atoms with E-state index in [-0.39, 0.29) is 18.3 Å². The summed E-state index contributed by atoms with van der Waals surface area (Å²) in [6.45, 7) is 4.27. The molecule has 0 spiro atoms. The standard InChI is InChI=1S/C26H27N3O4/c1-17-5-11-22(18(2)15-17)32-16-21-10-12-23(33-21)26(30)28-24(25-27-13-14-29(25)3)19-6-8-20(31-4)9-7-19/h5-15,24H,16H2,1-4H3,(H,28,30). The Morgan fingerprint density at radius 1 is 1.12 bits per heavy atom. The molecule has 33 heavy (non-hydrogen) atoms. The van der Waals surface area contributed by atoms with E-state index in [9.17, 15) is 4.79 Å². The highest BCUT2D eigenvalue weighted by molar-refractivity contribution is 5.92. The zero-order chi connectivity index (χ0) is 23.4. The third-order valence-corrected chi connectivity index (χ3v) is 5.43. The van der Waals surface area contributed by atoms with Gasteiger partial charge in [0.2, 0.25) is 0 Å². The second-order valence-electron chi connectivity index (χ2n) is 7.90. The fourth-order valence-electron chi connectivity index (χ4n) is 3.64. The van der Waals surface area contributed by atoms with Gasteiger partial charge in [-0.2, -0.15) is 0 Å². The molecule has 1 amide bonds. The number of rotatable bonds is 8. The maximum Gasteiger partial charge on any atom is 0.287 e. The normalized spacial score (nSPS) is 11.8. The first kappa shape index (κ1) is 22.2. The van der Waals surface area contributed by atoms with E-state index in [4.69, 9.17) is 13.9 Å². The van der Waals surface area contributed by atoms with Crippen molar-refractivity contribution in [1.29, 1.82) is 0 Å². The van der Waals surface area contributed by atoms with Gasteiger partial charge in [-0.25, -0.2) is 4.98 Å². The van der Waals surface area contributed by atoms with E-state index in [0.717, 1.165) is 22.6 Å². The molecule has 0 saturated heterocycles. The van der Waals surface area contributed by atoms with Crippen LogP contribution in [0.15, 0.2) is 71.4 Å². The number of aromatic nitrogens is 2. The van der Waals surface area contributed by atoms with Crippen molar-refractivity contribution in [2.75, 3.05) is 7.11 Å². The van der Waals surface area contributed by atoms with Gasteiger partial charge in [-0.1, -0.05) is 29.8 Å². The second-order valence-corrected chi connectivity index (χ2v) is 7.90. The van der Waals surface area contributed by atoms with Gasteiger partial charge in [0.15, 0.2) is 5.76 Å². The topological polar surface area (TPSA) is 78.5 Å². The van der Waals surface area contributed by atoms with Gasteiger partial charge in [-0.3, -0.25) is 4.79 Å². The lowest BCUT2D eigenvalue weighted by molar-refractivity contribution is 0.0909. The fourth-order valence-corrected chi connectivity index (χ4v) is 3.64. The molecule has 2 aromatic carbocycles. The summed E-state index contributed by atoms with van der Waals surface area (Å²) in [4.78, 5) is 17.5. The van der Waals surface area contributed by atoms with Crippen LogP contribution in [0, 0.1) is 13.8 Å². The number of ether oxygens (including phenoxy) is 2. The lowest BCUT2D eigenvalue weighted by Crippen LogP contribution is -2.30. The minimum absolute atomic E-state index is 0.210. The predicted octanol–water partition coefficient (Wildman–Crippen LogP) is 4.74. The van der Waals surface area contributed by atoms with Crippen molar-refractivity contribution < 1.29 is 18.7 Å². The van der Waals surface area contributed by atoms with Gasteiger partial charge in [0.1, 0.15) is 35.7 Å². The molecule has 4 aromatic rings. The van der Waals surface area contributed by atoms with Crippen molar-refractivity contribution >= 4 is 5.91 Å². The molecule has 0 radical (unpaired) electrons. The molecule has 0 aliphatic carbocycles. The maximum atomic E-state index is 13.0. The maximum absolute atomic E-state index is 13.0. The smallest absolute Gasteiger partial charge is 0.287 e. The molecule has 0 bridgehead atoms. The molecule has 7 heteroatoms. The Bertz CT molecular complexity index is 1240. The van der Waals surface area contributed by atoms with Crippen LogP contribution >= 0.6 is 0 Å². The molecule has 0 saturated carbocycles. The Morgan fingerprint density at radius 2 is 1.91 bits per heavy atom. The van der Waals surface area contributed by atoms with Gasteiger partial charge >= 0.3 is 0 Å². The number of amides is 1. The van der Waals surface area contributed by atoms with Crippen molar-refractivity contribution in [3.8, 4) is 11.5 Å². The minimum Gasteiger partial charge on any atom is -0.497 e. The van der Waals surface area contributed by atoms with Crippen LogP contribution in [-0.4, -0.2) is 22.6 Å². The van der Waals surface area contributed by atoms with Crippen molar-refractivity contribution in [3.05, 3.63) is 101 Å². The van der Waals surface area contributed by atoms with E-state index in [1.807, 2.05) is 68.1 Å². The largest absolute Gasteiger partial charge is 0.497 e. The summed E-state index contributed by atoms with van der Waals surface area (Å²) in [5, 5.41) is 3.04.